The molecule has 3 heterocycles. The van der Waals surface area contributed by atoms with E-state index in [1.54, 1.807) is 10.9 Å². The van der Waals surface area contributed by atoms with Crippen molar-refractivity contribution < 1.29 is 4.79 Å². The van der Waals surface area contributed by atoms with Crippen molar-refractivity contribution in [2.75, 3.05) is 6.54 Å². The Bertz CT molecular complexity index is 855. The summed E-state index contributed by atoms with van der Waals surface area (Å²) in [6.45, 7) is 0.789. The molecule has 0 saturated carbocycles. The summed E-state index contributed by atoms with van der Waals surface area (Å²) >= 11 is 1.46. The Hall–Kier alpha value is -2.47. The van der Waals surface area contributed by atoms with E-state index in [4.69, 9.17) is 0 Å². The highest BCUT2D eigenvalue weighted by molar-refractivity contribution is 7.16. The molecule has 6 heteroatoms. The van der Waals surface area contributed by atoms with Crippen LogP contribution in [-0.2, 0) is 7.05 Å². The number of benzene rings is 1. The van der Waals surface area contributed by atoms with E-state index in [1.807, 2.05) is 54.7 Å². The summed E-state index contributed by atoms with van der Waals surface area (Å²) in [5, 5.41) is 5.13. The maximum absolute atomic E-state index is 13.0. The van der Waals surface area contributed by atoms with Gasteiger partial charge in [-0.3, -0.25) is 9.48 Å². The number of carbonyl (C=O) groups excluding carboxylic acids is 1. The van der Waals surface area contributed by atoms with E-state index in [0.717, 1.165) is 35.5 Å². The lowest BCUT2D eigenvalue weighted by Gasteiger charge is -2.23. The lowest BCUT2D eigenvalue weighted by atomic mass is 10.1. The molecule has 122 valence electrons. The number of hydrogen-bond donors (Lipinski definition) is 0. The zero-order valence-corrected chi connectivity index (χ0v) is 14.2. The fraction of sp³-hybridized carbons (Fsp3) is 0.278. The lowest BCUT2D eigenvalue weighted by Crippen LogP contribution is -2.29. The van der Waals surface area contributed by atoms with Crippen LogP contribution in [0.15, 0.2) is 48.9 Å². The number of rotatable bonds is 3. The maximum Gasteiger partial charge on any atom is 0.266 e. The second-order valence-corrected chi connectivity index (χ2v) is 7.03. The topological polar surface area (TPSA) is 51.0 Å². The molecule has 0 unspecified atom stereocenters. The molecule has 4 rings (SSSR count). The number of thiazole rings is 1. The van der Waals surface area contributed by atoms with Gasteiger partial charge in [-0.05, 0) is 12.8 Å². The molecule has 0 N–H and O–H groups in total. The van der Waals surface area contributed by atoms with Crippen molar-refractivity contribution in [2.24, 2.45) is 7.05 Å². The van der Waals surface area contributed by atoms with Crippen LogP contribution in [0.2, 0.25) is 0 Å². The van der Waals surface area contributed by atoms with Crippen molar-refractivity contribution in [3.8, 4) is 10.6 Å². The fourth-order valence-corrected chi connectivity index (χ4v) is 4.07. The Morgan fingerprint density at radius 1 is 1.25 bits per heavy atom. The first-order chi connectivity index (χ1) is 11.7. The number of aromatic nitrogens is 3. The van der Waals surface area contributed by atoms with Gasteiger partial charge in [0.2, 0.25) is 0 Å². The van der Waals surface area contributed by atoms with Crippen LogP contribution in [0.4, 0.5) is 0 Å². The third-order valence-corrected chi connectivity index (χ3v) is 5.39. The molecule has 1 amide bonds. The van der Waals surface area contributed by atoms with Crippen LogP contribution >= 0.6 is 11.3 Å². The molecule has 1 saturated heterocycles. The van der Waals surface area contributed by atoms with E-state index in [-0.39, 0.29) is 11.9 Å². The third kappa shape index (κ3) is 2.73. The van der Waals surface area contributed by atoms with E-state index in [2.05, 4.69) is 10.1 Å². The number of hydrogen-bond acceptors (Lipinski definition) is 4. The number of amides is 1. The van der Waals surface area contributed by atoms with E-state index in [9.17, 15) is 4.79 Å². The third-order valence-electron chi connectivity index (χ3n) is 4.36. The Kier molecular flexibility index (Phi) is 3.90. The van der Waals surface area contributed by atoms with Crippen molar-refractivity contribution in [3.63, 3.8) is 0 Å². The summed E-state index contributed by atoms with van der Waals surface area (Å²) in [5.74, 6) is 0.0704. The molecule has 3 aromatic rings. The van der Waals surface area contributed by atoms with Crippen LogP contribution in [0.1, 0.15) is 34.1 Å². The van der Waals surface area contributed by atoms with Crippen LogP contribution < -0.4 is 0 Å². The molecule has 1 atom stereocenters. The largest absolute Gasteiger partial charge is 0.331 e. The van der Waals surface area contributed by atoms with E-state index in [0.29, 0.717) is 4.88 Å². The predicted octanol–water partition coefficient (Wildman–Crippen LogP) is 3.52. The molecule has 2 aromatic heterocycles. The van der Waals surface area contributed by atoms with Crippen LogP contribution in [0.5, 0.6) is 0 Å². The van der Waals surface area contributed by atoms with Crippen molar-refractivity contribution >= 4 is 17.2 Å². The first kappa shape index (κ1) is 15.1. The second kappa shape index (κ2) is 6.20. The zero-order chi connectivity index (χ0) is 16.5. The van der Waals surface area contributed by atoms with Gasteiger partial charge in [-0.25, -0.2) is 4.98 Å². The molecule has 1 aromatic carbocycles. The molecule has 5 nitrogen and oxygen atoms in total. The average Bonchev–Trinajstić information content (AvgIpc) is 3.35. The monoisotopic (exact) mass is 338 g/mol. The molecule has 0 aliphatic carbocycles. The van der Waals surface area contributed by atoms with Crippen LogP contribution in [0.3, 0.4) is 0 Å². The van der Waals surface area contributed by atoms with Gasteiger partial charge in [0.1, 0.15) is 9.88 Å². The van der Waals surface area contributed by atoms with Gasteiger partial charge in [-0.1, -0.05) is 30.3 Å². The summed E-state index contributed by atoms with van der Waals surface area (Å²) in [6, 6.07) is 10.1. The smallest absolute Gasteiger partial charge is 0.266 e. The minimum Gasteiger partial charge on any atom is -0.331 e. The molecular weight excluding hydrogens is 320 g/mol. The van der Waals surface area contributed by atoms with Crippen LogP contribution in [0, 0.1) is 0 Å². The Morgan fingerprint density at radius 2 is 2.08 bits per heavy atom. The molecule has 0 bridgehead atoms. The minimum atomic E-state index is 0.0704. The van der Waals surface area contributed by atoms with Gasteiger partial charge in [0.05, 0.1) is 18.4 Å². The summed E-state index contributed by atoms with van der Waals surface area (Å²) in [4.78, 5) is 20.0. The Morgan fingerprint density at radius 3 is 2.83 bits per heavy atom. The summed E-state index contributed by atoms with van der Waals surface area (Å²) < 4.78 is 1.79. The molecule has 1 aliphatic rings. The van der Waals surface area contributed by atoms with E-state index >= 15 is 0 Å². The van der Waals surface area contributed by atoms with Gasteiger partial charge in [0.15, 0.2) is 0 Å². The quantitative estimate of drug-likeness (QED) is 0.734. The molecule has 0 spiro atoms. The minimum absolute atomic E-state index is 0.0704. The highest BCUT2D eigenvalue weighted by atomic mass is 32.1. The van der Waals surface area contributed by atoms with Gasteiger partial charge < -0.3 is 4.90 Å². The summed E-state index contributed by atoms with van der Waals surface area (Å²) in [7, 11) is 1.90. The van der Waals surface area contributed by atoms with Gasteiger partial charge in [-0.2, -0.15) is 5.10 Å². The molecule has 24 heavy (non-hydrogen) atoms. The molecule has 1 fully saturated rings. The number of carbonyl (C=O) groups is 1. The summed E-state index contributed by atoms with van der Waals surface area (Å²) in [6.07, 6.45) is 7.57. The highest BCUT2D eigenvalue weighted by Gasteiger charge is 2.32. The predicted molar refractivity (Wildman–Crippen MR) is 93.8 cm³/mol. The first-order valence-corrected chi connectivity index (χ1v) is 8.85. The van der Waals surface area contributed by atoms with Gasteiger partial charge in [0, 0.05) is 30.9 Å². The Balaban J connectivity index is 1.58. The second-order valence-electron chi connectivity index (χ2n) is 6.00. The number of likely N-dealkylation sites (tertiary alicyclic amines) is 1. The first-order valence-electron chi connectivity index (χ1n) is 8.03. The number of nitrogens with zero attached hydrogens (tertiary/aromatic N) is 4. The molecule has 0 radical (unpaired) electrons. The van der Waals surface area contributed by atoms with Crippen LogP contribution in [-0.4, -0.2) is 32.1 Å². The van der Waals surface area contributed by atoms with E-state index < -0.39 is 0 Å². The van der Waals surface area contributed by atoms with Crippen molar-refractivity contribution in [1.82, 2.24) is 19.7 Å². The van der Waals surface area contributed by atoms with Crippen LogP contribution in [0.25, 0.3) is 10.6 Å². The normalized spacial score (nSPS) is 17.4. The van der Waals surface area contributed by atoms with Crippen molar-refractivity contribution in [1.29, 1.82) is 0 Å². The zero-order valence-electron chi connectivity index (χ0n) is 13.4. The average molecular weight is 338 g/mol. The SMILES string of the molecule is Cn1cc([C@@H]2CCCN2C(=O)c2cnc(-c3ccccc3)s2)cn1. The fourth-order valence-electron chi connectivity index (χ4n) is 3.20. The van der Waals surface area contributed by atoms with E-state index in [1.165, 1.54) is 11.3 Å². The van der Waals surface area contributed by atoms with Gasteiger partial charge in [-0.15, -0.1) is 11.3 Å². The van der Waals surface area contributed by atoms with Gasteiger partial charge >= 0.3 is 0 Å². The Labute approximate surface area is 144 Å². The standard InChI is InChI=1S/C18H18N4OS/c1-21-12-14(10-20-21)15-8-5-9-22(15)18(23)16-11-19-17(24-16)13-6-3-2-4-7-13/h2-4,6-7,10-12,15H,5,8-9H2,1H3/t15-/m0/s1. The molecule has 1 aliphatic heterocycles. The van der Waals surface area contributed by atoms with Crippen molar-refractivity contribution in [3.05, 3.63) is 59.4 Å². The van der Waals surface area contributed by atoms with Gasteiger partial charge in [0.25, 0.3) is 5.91 Å². The highest BCUT2D eigenvalue weighted by Crippen LogP contribution is 2.34. The van der Waals surface area contributed by atoms with Crippen molar-refractivity contribution in [2.45, 2.75) is 18.9 Å². The lowest BCUT2D eigenvalue weighted by molar-refractivity contribution is 0.0740. The number of aryl methyl sites for hydroxylation is 1. The molecular formula is C18H18N4OS. The summed E-state index contributed by atoms with van der Waals surface area (Å²) in [5.41, 5.74) is 2.16. The maximum atomic E-state index is 13.0.